The van der Waals surface area contributed by atoms with Crippen LogP contribution in [0, 0.1) is 0 Å². The molecule has 96 valence electrons. The number of aryl methyl sites for hydroxylation is 1. The van der Waals surface area contributed by atoms with Crippen molar-refractivity contribution in [2.24, 2.45) is 7.05 Å². The molecular weight excluding hydrogens is 238 g/mol. The van der Waals surface area contributed by atoms with Gasteiger partial charge in [0.05, 0.1) is 6.54 Å². The molecule has 0 bridgehead atoms. The van der Waals surface area contributed by atoms with Gasteiger partial charge in [-0.25, -0.2) is 9.97 Å². The number of hydrogen-bond donors (Lipinski definition) is 2. The van der Waals surface area contributed by atoms with Gasteiger partial charge in [0.15, 0.2) is 0 Å². The first-order valence-corrected chi connectivity index (χ1v) is 6.09. The second-order valence-corrected chi connectivity index (χ2v) is 4.41. The number of nitrogens with one attached hydrogen (secondary N) is 1. The number of hydrogen-bond acceptors (Lipinski definition) is 4. The monoisotopic (exact) mass is 253 g/mol. The highest BCUT2D eigenvalue weighted by atomic mass is 15.1. The Labute approximate surface area is 111 Å². The molecule has 0 aliphatic rings. The normalized spacial score (nSPS) is 10.8. The van der Waals surface area contributed by atoms with Gasteiger partial charge in [-0.05, 0) is 17.5 Å². The predicted molar refractivity (Wildman–Crippen MR) is 76.7 cm³/mol. The van der Waals surface area contributed by atoms with Gasteiger partial charge in [0, 0.05) is 36.7 Å². The van der Waals surface area contributed by atoms with E-state index in [1.807, 2.05) is 42.1 Å². The van der Waals surface area contributed by atoms with E-state index in [4.69, 9.17) is 5.73 Å². The van der Waals surface area contributed by atoms with Crippen LogP contribution in [0.25, 0.3) is 10.8 Å². The average Bonchev–Trinajstić information content (AvgIpc) is 2.82. The van der Waals surface area contributed by atoms with E-state index in [1.54, 1.807) is 12.4 Å². The highest BCUT2D eigenvalue weighted by molar-refractivity contribution is 6.00. The van der Waals surface area contributed by atoms with Gasteiger partial charge >= 0.3 is 0 Å². The van der Waals surface area contributed by atoms with Crippen LogP contribution in [-0.4, -0.2) is 14.5 Å². The van der Waals surface area contributed by atoms with Gasteiger partial charge in [-0.2, -0.15) is 0 Å². The van der Waals surface area contributed by atoms with Crippen LogP contribution in [0.15, 0.2) is 42.9 Å². The lowest BCUT2D eigenvalue weighted by atomic mass is 10.1. The Balaban J connectivity index is 1.95. The molecule has 0 saturated heterocycles. The fourth-order valence-electron chi connectivity index (χ4n) is 2.12. The summed E-state index contributed by atoms with van der Waals surface area (Å²) in [4.78, 5) is 8.64. The van der Waals surface area contributed by atoms with Crippen molar-refractivity contribution in [3.05, 3.63) is 48.7 Å². The summed E-state index contributed by atoms with van der Waals surface area (Å²) in [6.45, 7) is 0.615. The maximum Gasteiger partial charge on any atom is 0.136 e. The topological polar surface area (TPSA) is 68.8 Å². The molecule has 0 atom stereocenters. The van der Waals surface area contributed by atoms with E-state index in [0.29, 0.717) is 6.54 Å². The lowest BCUT2D eigenvalue weighted by molar-refractivity contribution is 0.811. The SMILES string of the molecule is Cn1ccnc1CNc1nccc2cccc(N)c12. The molecule has 5 nitrogen and oxygen atoms in total. The van der Waals surface area contributed by atoms with Crippen molar-refractivity contribution in [1.29, 1.82) is 0 Å². The van der Waals surface area contributed by atoms with Crippen LogP contribution in [0.1, 0.15) is 5.82 Å². The zero-order valence-corrected chi connectivity index (χ0v) is 10.7. The molecule has 3 N–H and O–H groups in total. The van der Waals surface area contributed by atoms with Crippen LogP contribution in [0.4, 0.5) is 11.5 Å². The summed E-state index contributed by atoms with van der Waals surface area (Å²) in [6, 6.07) is 7.81. The van der Waals surface area contributed by atoms with Crippen LogP contribution < -0.4 is 11.1 Å². The van der Waals surface area contributed by atoms with Crippen molar-refractivity contribution < 1.29 is 0 Å². The molecule has 2 aromatic heterocycles. The number of fused-ring (bicyclic) bond motifs is 1. The number of anilines is 2. The summed E-state index contributed by atoms with van der Waals surface area (Å²) in [5, 5.41) is 5.34. The second-order valence-electron chi connectivity index (χ2n) is 4.41. The minimum atomic E-state index is 0.615. The van der Waals surface area contributed by atoms with Crippen LogP contribution in [0.3, 0.4) is 0 Å². The highest BCUT2D eigenvalue weighted by Gasteiger charge is 2.06. The van der Waals surface area contributed by atoms with Gasteiger partial charge in [0.1, 0.15) is 11.6 Å². The van der Waals surface area contributed by atoms with Crippen LogP contribution in [-0.2, 0) is 13.6 Å². The molecule has 5 heteroatoms. The first-order valence-electron chi connectivity index (χ1n) is 6.09. The molecule has 0 spiro atoms. The Kier molecular flexibility index (Phi) is 2.79. The number of nitrogens with zero attached hydrogens (tertiary/aromatic N) is 3. The lowest BCUT2D eigenvalue weighted by Crippen LogP contribution is -2.07. The number of rotatable bonds is 3. The summed E-state index contributed by atoms with van der Waals surface area (Å²) in [6.07, 6.45) is 5.48. The smallest absolute Gasteiger partial charge is 0.136 e. The number of pyridine rings is 1. The van der Waals surface area contributed by atoms with Crippen molar-refractivity contribution in [2.45, 2.75) is 6.54 Å². The molecular formula is C14H15N5. The first-order chi connectivity index (χ1) is 9.25. The van der Waals surface area contributed by atoms with Gasteiger partial charge in [-0.15, -0.1) is 0 Å². The Hall–Kier alpha value is -2.56. The predicted octanol–water partition coefficient (Wildman–Crippen LogP) is 2.16. The summed E-state index contributed by atoms with van der Waals surface area (Å²) < 4.78 is 1.97. The molecule has 0 radical (unpaired) electrons. The maximum absolute atomic E-state index is 6.04. The van der Waals surface area contributed by atoms with Crippen LogP contribution in [0.5, 0.6) is 0 Å². The Morgan fingerprint density at radius 1 is 1.21 bits per heavy atom. The standard InChI is InChI=1S/C14H15N5/c1-19-8-7-16-12(19)9-18-14-13-10(5-6-17-14)3-2-4-11(13)15/h2-8H,9,15H2,1H3,(H,17,18). The summed E-state index contributed by atoms with van der Waals surface area (Å²) in [7, 11) is 1.97. The molecule has 3 aromatic rings. The van der Waals surface area contributed by atoms with Crippen molar-refractivity contribution >= 4 is 22.3 Å². The molecule has 1 aromatic carbocycles. The first kappa shape index (κ1) is 11.5. The van der Waals surface area contributed by atoms with Gasteiger partial charge in [0.2, 0.25) is 0 Å². The van der Waals surface area contributed by atoms with Crippen LogP contribution >= 0.6 is 0 Å². The molecule has 3 rings (SSSR count). The number of nitrogen functional groups attached to an aromatic ring is 1. The molecule has 0 aliphatic heterocycles. The molecule has 0 aliphatic carbocycles. The third kappa shape index (κ3) is 2.10. The average molecular weight is 253 g/mol. The molecule has 0 fully saturated rings. The fourth-order valence-corrected chi connectivity index (χ4v) is 2.12. The minimum absolute atomic E-state index is 0.615. The minimum Gasteiger partial charge on any atom is -0.398 e. The van der Waals surface area contributed by atoms with Gasteiger partial charge < -0.3 is 15.6 Å². The Morgan fingerprint density at radius 3 is 2.89 bits per heavy atom. The van der Waals surface area contributed by atoms with E-state index in [2.05, 4.69) is 15.3 Å². The quantitative estimate of drug-likeness (QED) is 0.702. The molecule has 2 heterocycles. The third-order valence-corrected chi connectivity index (χ3v) is 3.16. The van der Waals surface area contributed by atoms with Crippen LogP contribution in [0.2, 0.25) is 0 Å². The fraction of sp³-hybridized carbons (Fsp3) is 0.143. The summed E-state index contributed by atoms with van der Waals surface area (Å²) in [5.74, 6) is 1.74. The van der Waals surface area contributed by atoms with E-state index in [9.17, 15) is 0 Å². The van der Waals surface area contributed by atoms with E-state index in [0.717, 1.165) is 28.1 Å². The summed E-state index contributed by atoms with van der Waals surface area (Å²) in [5.41, 5.74) is 6.76. The third-order valence-electron chi connectivity index (χ3n) is 3.16. The van der Waals surface area contributed by atoms with E-state index >= 15 is 0 Å². The molecule has 0 amide bonds. The Bertz CT molecular complexity index is 711. The Morgan fingerprint density at radius 2 is 2.11 bits per heavy atom. The van der Waals surface area contributed by atoms with Crippen molar-refractivity contribution in [1.82, 2.24) is 14.5 Å². The van der Waals surface area contributed by atoms with Gasteiger partial charge in [-0.3, -0.25) is 0 Å². The molecule has 19 heavy (non-hydrogen) atoms. The second kappa shape index (κ2) is 4.61. The summed E-state index contributed by atoms with van der Waals surface area (Å²) >= 11 is 0. The highest BCUT2D eigenvalue weighted by Crippen LogP contribution is 2.26. The molecule has 0 saturated carbocycles. The zero-order valence-electron chi connectivity index (χ0n) is 10.7. The number of benzene rings is 1. The maximum atomic E-state index is 6.04. The number of aromatic nitrogens is 3. The largest absolute Gasteiger partial charge is 0.398 e. The van der Waals surface area contributed by atoms with Gasteiger partial charge in [-0.1, -0.05) is 12.1 Å². The van der Waals surface area contributed by atoms with Crippen molar-refractivity contribution in [3.63, 3.8) is 0 Å². The van der Waals surface area contributed by atoms with Gasteiger partial charge in [0.25, 0.3) is 0 Å². The van der Waals surface area contributed by atoms with Crippen molar-refractivity contribution in [2.75, 3.05) is 11.1 Å². The number of imidazole rings is 1. The van der Waals surface area contributed by atoms with E-state index in [-0.39, 0.29) is 0 Å². The van der Waals surface area contributed by atoms with E-state index < -0.39 is 0 Å². The van der Waals surface area contributed by atoms with E-state index in [1.165, 1.54) is 0 Å². The lowest BCUT2D eigenvalue weighted by Gasteiger charge is -2.10. The zero-order chi connectivity index (χ0) is 13.2. The molecule has 0 unspecified atom stereocenters. The van der Waals surface area contributed by atoms with Crippen molar-refractivity contribution in [3.8, 4) is 0 Å². The number of nitrogens with two attached hydrogens (primary N) is 1.